The maximum absolute atomic E-state index is 12.3. The van der Waals surface area contributed by atoms with Gasteiger partial charge in [0, 0.05) is 11.2 Å². The van der Waals surface area contributed by atoms with Crippen molar-refractivity contribution in [1.82, 2.24) is 4.98 Å². The highest BCUT2D eigenvalue weighted by Gasteiger charge is 2.24. The molecular weight excluding hydrogens is 302 g/mol. The van der Waals surface area contributed by atoms with E-state index in [9.17, 15) is 13.2 Å². The van der Waals surface area contributed by atoms with Crippen molar-refractivity contribution in [2.45, 2.75) is 10.8 Å². The van der Waals surface area contributed by atoms with E-state index in [4.69, 9.17) is 16.7 Å². The first kappa shape index (κ1) is 14.5. The van der Waals surface area contributed by atoms with Gasteiger partial charge in [0.25, 0.3) is 0 Å². The fourth-order valence-electron chi connectivity index (χ4n) is 1.69. The summed E-state index contributed by atoms with van der Waals surface area (Å²) in [6, 6.07) is 9.06. The summed E-state index contributed by atoms with van der Waals surface area (Å²) in [6.45, 7) is 0. The summed E-state index contributed by atoms with van der Waals surface area (Å²) in [7, 11) is -3.89. The van der Waals surface area contributed by atoms with Crippen LogP contribution in [0.1, 0.15) is 15.9 Å². The van der Waals surface area contributed by atoms with Crippen LogP contribution in [0.2, 0.25) is 5.02 Å². The quantitative estimate of drug-likeness (QED) is 0.937. The Morgan fingerprint density at radius 1 is 1.20 bits per heavy atom. The molecule has 1 aromatic heterocycles. The second-order valence-electron chi connectivity index (χ2n) is 4.01. The van der Waals surface area contributed by atoms with E-state index in [1.165, 1.54) is 18.3 Å². The molecule has 5 nitrogen and oxygen atoms in total. The maximum atomic E-state index is 12.3. The summed E-state index contributed by atoms with van der Waals surface area (Å²) in [5.41, 5.74) is 0.0516. The van der Waals surface area contributed by atoms with E-state index in [0.29, 0.717) is 10.6 Å². The zero-order chi connectivity index (χ0) is 14.8. The van der Waals surface area contributed by atoms with Gasteiger partial charge in [-0.3, -0.25) is 0 Å². The number of sulfone groups is 1. The highest BCUT2D eigenvalue weighted by molar-refractivity contribution is 7.90. The van der Waals surface area contributed by atoms with Crippen LogP contribution in [-0.2, 0) is 15.6 Å². The number of benzene rings is 1. The Bertz CT molecular complexity index is 758. The van der Waals surface area contributed by atoms with Crippen LogP contribution < -0.4 is 0 Å². The minimum atomic E-state index is -3.89. The highest BCUT2D eigenvalue weighted by atomic mass is 35.5. The standard InChI is InChI=1S/C13H10ClNO4S/c14-11-6-2-1-4-9(11)8-20(18,19)12-10(13(16)17)5-3-7-15-12/h1-7H,8H2,(H,16,17). The number of aromatic carboxylic acids is 1. The van der Waals surface area contributed by atoms with Crippen LogP contribution in [0, 0.1) is 0 Å². The molecule has 0 aliphatic carbocycles. The molecule has 7 heteroatoms. The number of nitrogens with zero attached hydrogens (tertiary/aromatic N) is 1. The minimum Gasteiger partial charge on any atom is -0.478 e. The van der Waals surface area contributed by atoms with Crippen molar-refractivity contribution in [2.75, 3.05) is 0 Å². The van der Waals surface area contributed by atoms with Gasteiger partial charge in [-0.1, -0.05) is 29.8 Å². The average molecular weight is 312 g/mol. The number of aromatic nitrogens is 1. The predicted octanol–water partition coefficient (Wildman–Crippen LogP) is 2.41. The first-order valence-electron chi connectivity index (χ1n) is 5.56. The van der Waals surface area contributed by atoms with E-state index in [2.05, 4.69) is 4.98 Å². The Labute approximate surface area is 120 Å². The van der Waals surface area contributed by atoms with E-state index >= 15 is 0 Å². The maximum Gasteiger partial charge on any atom is 0.338 e. The Balaban J connectivity index is 2.47. The van der Waals surface area contributed by atoms with E-state index in [1.54, 1.807) is 24.3 Å². The molecule has 0 radical (unpaired) electrons. The average Bonchev–Trinajstić information content (AvgIpc) is 2.41. The number of rotatable bonds is 4. The minimum absolute atomic E-state index is 0.309. The van der Waals surface area contributed by atoms with Gasteiger partial charge in [-0.2, -0.15) is 0 Å². The molecule has 104 valence electrons. The molecule has 0 atom stereocenters. The number of hydrogen-bond acceptors (Lipinski definition) is 4. The first-order chi connectivity index (χ1) is 9.42. The van der Waals surface area contributed by atoms with Crippen LogP contribution in [0.5, 0.6) is 0 Å². The fourth-order valence-corrected chi connectivity index (χ4v) is 3.48. The van der Waals surface area contributed by atoms with Gasteiger partial charge in [0.15, 0.2) is 5.03 Å². The summed E-state index contributed by atoms with van der Waals surface area (Å²) in [5.74, 6) is -1.74. The second-order valence-corrected chi connectivity index (χ2v) is 6.32. The molecule has 0 spiro atoms. The van der Waals surface area contributed by atoms with Gasteiger partial charge in [0.1, 0.15) is 0 Å². The summed E-state index contributed by atoms with van der Waals surface area (Å²) in [4.78, 5) is 14.7. The zero-order valence-electron chi connectivity index (χ0n) is 10.2. The van der Waals surface area contributed by atoms with E-state index in [1.807, 2.05) is 0 Å². The molecule has 20 heavy (non-hydrogen) atoms. The van der Waals surface area contributed by atoms with E-state index in [-0.39, 0.29) is 5.56 Å². The molecule has 2 rings (SSSR count). The van der Waals surface area contributed by atoms with E-state index in [0.717, 1.165) is 0 Å². The lowest BCUT2D eigenvalue weighted by Crippen LogP contribution is -2.13. The third-order valence-corrected chi connectivity index (χ3v) is 4.57. The van der Waals surface area contributed by atoms with Crippen molar-refractivity contribution in [3.8, 4) is 0 Å². The lowest BCUT2D eigenvalue weighted by molar-refractivity contribution is 0.0691. The molecule has 1 aromatic carbocycles. The SMILES string of the molecule is O=C(O)c1cccnc1S(=O)(=O)Cc1ccccc1Cl. The van der Waals surface area contributed by atoms with Crippen molar-refractivity contribution in [1.29, 1.82) is 0 Å². The number of pyridine rings is 1. The van der Waals surface area contributed by atoms with Crippen molar-refractivity contribution in [2.24, 2.45) is 0 Å². The van der Waals surface area contributed by atoms with Crippen molar-refractivity contribution < 1.29 is 18.3 Å². The molecule has 0 unspecified atom stereocenters. The molecule has 0 saturated heterocycles. The van der Waals surface area contributed by atoms with Crippen molar-refractivity contribution >= 4 is 27.4 Å². The van der Waals surface area contributed by atoms with Crippen molar-refractivity contribution in [3.63, 3.8) is 0 Å². The van der Waals surface area contributed by atoms with E-state index < -0.39 is 26.6 Å². The number of halogens is 1. The van der Waals surface area contributed by atoms with Crippen LogP contribution in [-0.4, -0.2) is 24.5 Å². The third-order valence-electron chi connectivity index (χ3n) is 2.60. The van der Waals surface area contributed by atoms with Crippen LogP contribution in [0.3, 0.4) is 0 Å². The van der Waals surface area contributed by atoms with Gasteiger partial charge in [-0.25, -0.2) is 18.2 Å². The van der Waals surface area contributed by atoms with Crippen LogP contribution in [0.25, 0.3) is 0 Å². The fraction of sp³-hybridized carbons (Fsp3) is 0.0769. The number of carboxylic acids is 1. The number of carbonyl (C=O) groups is 1. The predicted molar refractivity (Wildman–Crippen MR) is 73.5 cm³/mol. The van der Waals surface area contributed by atoms with Crippen molar-refractivity contribution in [3.05, 3.63) is 58.7 Å². The molecule has 0 aliphatic rings. The Hall–Kier alpha value is -1.92. The lowest BCUT2D eigenvalue weighted by atomic mass is 10.2. The summed E-state index contributed by atoms with van der Waals surface area (Å²) < 4.78 is 24.6. The van der Waals surface area contributed by atoms with Gasteiger partial charge in [-0.05, 0) is 23.8 Å². The monoisotopic (exact) mass is 311 g/mol. The number of carboxylic acid groups (broad SMARTS) is 1. The van der Waals surface area contributed by atoms with Gasteiger partial charge in [-0.15, -0.1) is 0 Å². The highest BCUT2D eigenvalue weighted by Crippen LogP contribution is 2.22. The lowest BCUT2D eigenvalue weighted by Gasteiger charge is -2.07. The van der Waals surface area contributed by atoms with Gasteiger partial charge in [0.05, 0.1) is 11.3 Å². The first-order valence-corrected chi connectivity index (χ1v) is 7.59. The molecule has 0 fully saturated rings. The molecule has 0 aliphatic heterocycles. The summed E-state index contributed by atoms with van der Waals surface area (Å²) >= 11 is 5.92. The van der Waals surface area contributed by atoms with Crippen LogP contribution in [0.15, 0.2) is 47.6 Å². The third kappa shape index (κ3) is 2.97. The van der Waals surface area contributed by atoms with Crippen LogP contribution in [0.4, 0.5) is 0 Å². The zero-order valence-corrected chi connectivity index (χ0v) is 11.7. The molecule has 0 bridgehead atoms. The van der Waals surface area contributed by atoms with Gasteiger partial charge < -0.3 is 5.11 Å². The summed E-state index contributed by atoms with van der Waals surface area (Å²) in [6.07, 6.45) is 1.24. The Morgan fingerprint density at radius 3 is 2.55 bits per heavy atom. The second kappa shape index (κ2) is 5.60. The molecule has 1 heterocycles. The smallest absolute Gasteiger partial charge is 0.338 e. The molecule has 2 aromatic rings. The van der Waals surface area contributed by atoms with Gasteiger partial charge in [0.2, 0.25) is 9.84 Å². The number of hydrogen-bond donors (Lipinski definition) is 1. The largest absolute Gasteiger partial charge is 0.478 e. The summed E-state index contributed by atoms with van der Waals surface area (Å²) in [5, 5.41) is 8.88. The molecule has 1 N–H and O–H groups in total. The molecule has 0 amide bonds. The van der Waals surface area contributed by atoms with Crippen LogP contribution >= 0.6 is 11.6 Å². The molecular formula is C13H10ClNO4S. The Morgan fingerprint density at radius 2 is 1.90 bits per heavy atom. The topological polar surface area (TPSA) is 84.3 Å². The normalized spacial score (nSPS) is 11.2. The van der Waals surface area contributed by atoms with Gasteiger partial charge >= 0.3 is 5.97 Å². The molecule has 0 saturated carbocycles. The Kier molecular flexibility index (Phi) is 4.06.